The lowest BCUT2D eigenvalue weighted by molar-refractivity contribution is -0.150. The summed E-state index contributed by atoms with van der Waals surface area (Å²) in [6.45, 7) is 2.07. The van der Waals surface area contributed by atoms with Crippen molar-refractivity contribution in [1.82, 2.24) is 25.0 Å². The number of piperazine rings is 1. The van der Waals surface area contributed by atoms with Gasteiger partial charge in [-0.25, -0.2) is 4.98 Å². The van der Waals surface area contributed by atoms with Gasteiger partial charge < -0.3 is 10.2 Å². The van der Waals surface area contributed by atoms with Gasteiger partial charge in [0.15, 0.2) is 0 Å². The number of aromatic nitrogens is 3. The summed E-state index contributed by atoms with van der Waals surface area (Å²) in [6, 6.07) is -0.809. The molecule has 1 N–H and O–H groups in total. The Bertz CT molecular complexity index is 522. The van der Waals surface area contributed by atoms with Gasteiger partial charge in [-0.1, -0.05) is 0 Å². The van der Waals surface area contributed by atoms with Crippen LogP contribution in [0.2, 0.25) is 0 Å². The maximum atomic E-state index is 12.5. The number of aryl methyl sites for hydroxylation is 1. The molecule has 2 amide bonds. The second kappa shape index (κ2) is 4.32. The molecule has 2 atom stereocenters. The van der Waals surface area contributed by atoms with Crippen LogP contribution in [0.25, 0.3) is 0 Å². The van der Waals surface area contributed by atoms with Crippen LogP contribution >= 0.6 is 0 Å². The molecule has 7 nitrogen and oxygen atoms in total. The molecule has 0 bridgehead atoms. The molecule has 1 aliphatic carbocycles. The normalized spacial score (nSPS) is 27.6. The number of carbonyl (C=O) groups excluding carboxylic acids is 2. The molecular weight excluding hydrogens is 246 g/mol. The number of hydrogen-bond donors (Lipinski definition) is 1. The Labute approximate surface area is 111 Å². The third kappa shape index (κ3) is 2.09. The van der Waals surface area contributed by atoms with Crippen LogP contribution in [0.3, 0.4) is 0 Å². The maximum absolute atomic E-state index is 12.5. The third-order valence-electron chi connectivity index (χ3n) is 3.90. The largest absolute Gasteiger partial charge is 0.342 e. The second-order valence-electron chi connectivity index (χ2n) is 5.27. The minimum atomic E-state index is -0.459. The van der Waals surface area contributed by atoms with Crippen LogP contribution in [0.5, 0.6) is 0 Å². The molecule has 0 radical (unpaired) electrons. The molecule has 0 spiro atoms. The molecule has 1 aromatic heterocycles. The van der Waals surface area contributed by atoms with Crippen LogP contribution in [-0.2, 0) is 23.2 Å². The summed E-state index contributed by atoms with van der Waals surface area (Å²) in [5.41, 5.74) is 0. The van der Waals surface area contributed by atoms with E-state index in [2.05, 4.69) is 15.4 Å². The second-order valence-corrected chi connectivity index (χ2v) is 5.27. The van der Waals surface area contributed by atoms with Crippen molar-refractivity contribution in [1.29, 1.82) is 0 Å². The quantitative estimate of drug-likeness (QED) is 0.792. The Kier molecular flexibility index (Phi) is 2.76. The van der Waals surface area contributed by atoms with Crippen molar-refractivity contribution >= 4 is 11.8 Å². The van der Waals surface area contributed by atoms with Gasteiger partial charge in [-0.15, -0.1) is 0 Å². The van der Waals surface area contributed by atoms with Crippen molar-refractivity contribution in [2.45, 2.75) is 38.4 Å². The number of hydrogen-bond acceptors (Lipinski definition) is 4. The fourth-order valence-corrected chi connectivity index (χ4v) is 2.43. The Morgan fingerprint density at radius 1 is 1.42 bits per heavy atom. The molecule has 2 heterocycles. The van der Waals surface area contributed by atoms with E-state index in [1.165, 1.54) is 6.33 Å². The summed E-state index contributed by atoms with van der Waals surface area (Å²) in [4.78, 5) is 30.1. The molecule has 1 saturated carbocycles. The van der Waals surface area contributed by atoms with E-state index in [4.69, 9.17) is 0 Å². The van der Waals surface area contributed by atoms with E-state index >= 15 is 0 Å². The fourth-order valence-electron chi connectivity index (χ4n) is 2.43. The Morgan fingerprint density at radius 3 is 2.74 bits per heavy atom. The molecule has 19 heavy (non-hydrogen) atoms. The zero-order valence-corrected chi connectivity index (χ0v) is 11.0. The van der Waals surface area contributed by atoms with Crippen molar-refractivity contribution in [3.05, 3.63) is 12.2 Å². The first-order valence-corrected chi connectivity index (χ1v) is 6.51. The smallest absolute Gasteiger partial charge is 0.246 e. The zero-order chi connectivity index (χ0) is 13.6. The summed E-state index contributed by atoms with van der Waals surface area (Å²) < 4.78 is 1.62. The summed E-state index contributed by atoms with van der Waals surface area (Å²) in [7, 11) is 1.78. The SMILES string of the molecule is CC1C(=O)NC(C2CC2)C(=O)N1Cc1ncnn1C. The van der Waals surface area contributed by atoms with Gasteiger partial charge in [0.25, 0.3) is 0 Å². The number of rotatable bonds is 3. The van der Waals surface area contributed by atoms with Crippen molar-refractivity contribution in [3.63, 3.8) is 0 Å². The summed E-state index contributed by atoms with van der Waals surface area (Å²) in [6.07, 6.45) is 3.48. The summed E-state index contributed by atoms with van der Waals surface area (Å²) in [5.74, 6) is 0.909. The highest BCUT2D eigenvalue weighted by atomic mass is 16.2. The van der Waals surface area contributed by atoms with Crippen LogP contribution in [-0.4, -0.2) is 43.6 Å². The summed E-state index contributed by atoms with van der Waals surface area (Å²) >= 11 is 0. The lowest BCUT2D eigenvalue weighted by Crippen LogP contribution is -2.62. The van der Waals surface area contributed by atoms with Crippen molar-refractivity contribution in [3.8, 4) is 0 Å². The molecule has 1 saturated heterocycles. The van der Waals surface area contributed by atoms with Gasteiger partial charge in [-0.2, -0.15) is 5.10 Å². The molecule has 2 fully saturated rings. The van der Waals surface area contributed by atoms with E-state index in [1.807, 2.05) is 0 Å². The molecule has 0 aromatic carbocycles. The van der Waals surface area contributed by atoms with E-state index in [1.54, 1.807) is 23.6 Å². The van der Waals surface area contributed by atoms with Gasteiger partial charge in [-0.3, -0.25) is 14.3 Å². The molecule has 1 aromatic rings. The van der Waals surface area contributed by atoms with Crippen LogP contribution in [0.15, 0.2) is 6.33 Å². The predicted molar refractivity (Wildman–Crippen MR) is 65.7 cm³/mol. The van der Waals surface area contributed by atoms with Gasteiger partial charge in [0.1, 0.15) is 24.2 Å². The van der Waals surface area contributed by atoms with Gasteiger partial charge in [-0.05, 0) is 25.7 Å². The molecule has 2 unspecified atom stereocenters. The summed E-state index contributed by atoms with van der Waals surface area (Å²) in [5, 5.41) is 6.81. The lowest BCUT2D eigenvalue weighted by atomic mass is 10.0. The van der Waals surface area contributed by atoms with E-state index < -0.39 is 6.04 Å². The number of nitrogens with one attached hydrogen (secondary N) is 1. The maximum Gasteiger partial charge on any atom is 0.246 e. The monoisotopic (exact) mass is 263 g/mol. The van der Waals surface area contributed by atoms with E-state index in [0.717, 1.165) is 12.8 Å². The van der Waals surface area contributed by atoms with Crippen molar-refractivity contribution < 1.29 is 9.59 Å². The van der Waals surface area contributed by atoms with Crippen LogP contribution in [0.1, 0.15) is 25.6 Å². The third-order valence-corrected chi connectivity index (χ3v) is 3.90. The average Bonchev–Trinajstić information content (AvgIpc) is 3.14. The van der Waals surface area contributed by atoms with Crippen molar-refractivity contribution in [2.75, 3.05) is 0 Å². The van der Waals surface area contributed by atoms with Gasteiger partial charge in [0.05, 0.1) is 6.54 Å². The molecule has 3 rings (SSSR count). The lowest BCUT2D eigenvalue weighted by Gasteiger charge is -2.37. The van der Waals surface area contributed by atoms with E-state index in [9.17, 15) is 9.59 Å². The first-order chi connectivity index (χ1) is 9.08. The van der Waals surface area contributed by atoms with E-state index in [0.29, 0.717) is 18.3 Å². The fraction of sp³-hybridized carbons (Fsp3) is 0.667. The topological polar surface area (TPSA) is 80.1 Å². The molecule has 102 valence electrons. The molecule has 1 aliphatic heterocycles. The standard InChI is InChI=1S/C12H17N5O2/c1-7-11(18)15-10(8-3-4-8)12(19)17(7)5-9-13-6-14-16(9)2/h6-8,10H,3-5H2,1-2H3,(H,15,18). The first kappa shape index (κ1) is 12.1. The number of nitrogens with zero attached hydrogens (tertiary/aromatic N) is 4. The van der Waals surface area contributed by atoms with Crippen LogP contribution in [0.4, 0.5) is 0 Å². The number of amides is 2. The van der Waals surface area contributed by atoms with Crippen LogP contribution < -0.4 is 5.32 Å². The van der Waals surface area contributed by atoms with Gasteiger partial charge in [0.2, 0.25) is 11.8 Å². The van der Waals surface area contributed by atoms with Crippen molar-refractivity contribution in [2.24, 2.45) is 13.0 Å². The Balaban J connectivity index is 1.82. The van der Waals surface area contributed by atoms with Gasteiger partial charge >= 0.3 is 0 Å². The van der Waals surface area contributed by atoms with Gasteiger partial charge in [0, 0.05) is 7.05 Å². The highest BCUT2D eigenvalue weighted by molar-refractivity contribution is 5.97. The first-order valence-electron chi connectivity index (χ1n) is 6.51. The Hall–Kier alpha value is -1.92. The number of carbonyl (C=O) groups is 2. The minimum Gasteiger partial charge on any atom is -0.342 e. The molecule has 7 heteroatoms. The predicted octanol–water partition coefficient (Wildman–Crippen LogP) is -0.559. The van der Waals surface area contributed by atoms with E-state index in [-0.39, 0.29) is 17.9 Å². The highest BCUT2D eigenvalue weighted by Gasteiger charge is 2.45. The van der Waals surface area contributed by atoms with Crippen LogP contribution in [0, 0.1) is 5.92 Å². The average molecular weight is 263 g/mol. The molecule has 2 aliphatic rings. The minimum absolute atomic E-state index is 0.00222. The zero-order valence-electron chi connectivity index (χ0n) is 11.0. The molecular formula is C12H17N5O2. The Morgan fingerprint density at radius 2 is 2.16 bits per heavy atom. The highest BCUT2D eigenvalue weighted by Crippen LogP contribution is 2.35.